The summed E-state index contributed by atoms with van der Waals surface area (Å²) in [5, 5.41) is 8.87. The number of rotatable bonds is 8. The highest BCUT2D eigenvalue weighted by Crippen LogP contribution is 2.32. The fraction of sp³-hybridized carbons (Fsp3) is 0.438. The summed E-state index contributed by atoms with van der Waals surface area (Å²) in [6.45, 7) is 3.11. The first-order valence-corrected chi connectivity index (χ1v) is 6.86. The normalized spacial score (nSPS) is 13.2. The molecule has 0 aromatic heterocycles. The second kappa shape index (κ2) is 7.57. The number of aliphatic carboxylic acids is 1. The molecule has 1 unspecified atom stereocenters. The molecule has 114 valence electrons. The van der Waals surface area contributed by atoms with Crippen molar-refractivity contribution in [3.63, 3.8) is 0 Å². The van der Waals surface area contributed by atoms with Gasteiger partial charge in [0, 0.05) is 6.42 Å². The molecule has 0 radical (unpaired) electrons. The summed E-state index contributed by atoms with van der Waals surface area (Å²) in [4.78, 5) is 35.2. The number of esters is 1. The van der Waals surface area contributed by atoms with Crippen molar-refractivity contribution >= 4 is 17.7 Å². The van der Waals surface area contributed by atoms with Crippen molar-refractivity contribution in [2.45, 2.75) is 33.1 Å². The van der Waals surface area contributed by atoms with E-state index in [1.54, 1.807) is 19.1 Å². The third kappa shape index (κ3) is 4.41. The molecule has 0 aliphatic carbocycles. The molecule has 5 nitrogen and oxygen atoms in total. The molecule has 0 heterocycles. The van der Waals surface area contributed by atoms with Gasteiger partial charge >= 0.3 is 11.9 Å². The Kier molecular flexibility index (Phi) is 6.09. The summed E-state index contributed by atoms with van der Waals surface area (Å²) in [5.41, 5.74) is -0.637. The highest BCUT2D eigenvalue weighted by molar-refractivity contribution is 6.03. The summed E-state index contributed by atoms with van der Waals surface area (Å²) in [7, 11) is 0. The Morgan fingerprint density at radius 2 is 1.81 bits per heavy atom. The molecule has 21 heavy (non-hydrogen) atoms. The fourth-order valence-corrected chi connectivity index (χ4v) is 2.24. The first-order valence-electron chi connectivity index (χ1n) is 6.86. The van der Waals surface area contributed by atoms with Crippen molar-refractivity contribution in [3.05, 3.63) is 35.9 Å². The number of ether oxygens (including phenoxy) is 1. The molecular formula is C16H20O5. The lowest BCUT2D eigenvalue weighted by molar-refractivity contribution is -0.160. The third-order valence-electron chi connectivity index (χ3n) is 3.45. The summed E-state index contributed by atoms with van der Waals surface area (Å²) in [5.74, 6) is -2.06. The molecule has 1 N–H and O–H groups in total. The van der Waals surface area contributed by atoms with Gasteiger partial charge in [0.1, 0.15) is 11.2 Å². The van der Waals surface area contributed by atoms with E-state index in [0.717, 1.165) is 5.56 Å². The predicted octanol–water partition coefficient (Wildman–Crippen LogP) is 2.23. The van der Waals surface area contributed by atoms with Gasteiger partial charge < -0.3 is 9.84 Å². The Hall–Kier alpha value is -2.17. The van der Waals surface area contributed by atoms with Crippen LogP contribution in [0.4, 0.5) is 0 Å². The predicted molar refractivity (Wildman–Crippen MR) is 76.8 cm³/mol. The highest BCUT2D eigenvalue weighted by atomic mass is 16.5. The topological polar surface area (TPSA) is 80.7 Å². The number of Topliss-reactive ketones (excluding diaryl/α,β-unsaturated/α-hetero) is 1. The molecule has 0 bridgehead atoms. The number of hydrogen-bond acceptors (Lipinski definition) is 4. The van der Waals surface area contributed by atoms with Crippen molar-refractivity contribution in [1.29, 1.82) is 0 Å². The van der Waals surface area contributed by atoms with Crippen molar-refractivity contribution in [1.82, 2.24) is 0 Å². The Morgan fingerprint density at radius 1 is 1.19 bits per heavy atom. The Bertz CT molecular complexity index is 509. The van der Waals surface area contributed by atoms with Crippen LogP contribution in [0.3, 0.4) is 0 Å². The average molecular weight is 292 g/mol. The van der Waals surface area contributed by atoms with Crippen LogP contribution in [-0.2, 0) is 25.5 Å². The first kappa shape index (κ1) is 16.9. The minimum atomic E-state index is -1.43. The molecule has 1 atom stereocenters. The van der Waals surface area contributed by atoms with Crippen LogP contribution in [0, 0.1) is 5.41 Å². The minimum absolute atomic E-state index is 0.0641. The van der Waals surface area contributed by atoms with Crippen LogP contribution in [-0.4, -0.2) is 29.4 Å². The molecule has 0 aliphatic rings. The quantitative estimate of drug-likeness (QED) is 0.587. The maximum absolute atomic E-state index is 12.3. The Labute approximate surface area is 123 Å². The van der Waals surface area contributed by atoms with Gasteiger partial charge in [0.25, 0.3) is 0 Å². The smallest absolute Gasteiger partial charge is 0.319 e. The molecule has 0 fully saturated rings. The van der Waals surface area contributed by atoms with Crippen LogP contribution in [0.5, 0.6) is 0 Å². The van der Waals surface area contributed by atoms with Crippen LogP contribution in [0.2, 0.25) is 0 Å². The van der Waals surface area contributed by atoms with Crippen LogP contribution >= 0.6 is 0 Å². The van der Waals surface area contributed by atoms with Crippen molar-refractivity contribution < 1.29 is 24.2 Å². The van der Waals surface area contributed by atoms with Crippen LogP contribution in [0.15, 0.2) is 30.3 Å². The Morgan fingerprint density at radius 3 is 2.29 bits per heavy atom. The van der Waals surface area contributed by atoms with Crippen LogP contribution < -0.4 is 0 Å². The molecular weight excluding hydrogens is 272 g/mol. The number of carboxylic acid groups (broad SMARTS) is 1. The van der Waals surface area contributed by atoms with Crippen molar-refractivity contribution in [2.75, 3.05) is 6.61 Å². The molecule has 0 saturated heterocycles. The van der Waals surface area contributed by atoms with Crippen LogP contribution in [0.25, 0.3) is 0 Å². The number of carbonyl (C=O) groups excluding carboxylic acids is 2. The number of hydrogen-bond donors (Lipinski definition) is 1. The summed E-state index contributed by atoms with van der Waals surface area (Å²) >= 11 is 0. The summed E-state index contributed by atoms with van der Waals surface area (Å²) in [6, 6.07) is 9.06. The van der Waals surface area contributed by atoms with E-state index in [4.69, 9.17) is 9.84 Å². The van der Waals surface area contributed by atoms with Gasteiger partial charge in [0.05, 0.1) is 6.61 Å². The number of carboxylic acids is 1. The second-order valence-electron chi connectivity index (χ2n) is 4.91. The van der Waals surface area contributed by atoms with Crippen molar-refractivity contribution in [3.8, 4) is 0 Å². The lowest BCUT2D eigenvalue weighted by Gasteiger charge is -2.28. The van der Waals surface area contributed by atoms with Gasteiger partial charge in [-0.3, -0.25) is 14.4 Å². The van der Waals surface area contributed by atoms with Gasteiger partial charge in [-0.15, -0.1) is 0 Å². The lowest BCUT2D eigenvalue weighted by Crippen LogP contribution is -2.42. The third-order valence-corrected chi connectivity index (χ3v) is 3.45. The maximum Gasteiger partial charge on any atom is 0.319 e. The number of benzene rings is 1. The van der Waals surface area contributed by atoms with E-state index in [0.29, 0.717) is 0 Å². The molecule has 0 amide bonds. The standard InChI is InChI=1S/C16H20O5/c1-3-21-15(20)16(12(2)17,10-9-14(18)19)11-13-7-5-4-6-8-13/h4-8H,3,9-11H2,1-2H3,(H,18,19). The minimum Gasteiger partial charge on any atom is -0.481 e. The molecule has 0 aliphatic heterocycles. The fourth-order valence-electron chi connectivity index (χ4n) is 2.24. The molecule has 0 saturated carbocycles. The lowest BCUT2D eigenvalue weighted by atomic mass is 9.74. The van der Waals surface area contributed by atoms with E-state index in [1.807, 2.05) is 18.2 Å². The molecule has 1 aromatic carbocycles. The van der Waals surface area contributed by atoms with Gasteiger partial charge in [0.15, 0.2) is 0 Å². The van der Waals surface area contributed by atoms with Gasteiger partial charge in [-0.2, -0.15) is 0 Å². The zero-order chi connectivity index (χ0) is 15.9. The van der Waals surface area contributed by atoms with Gasteiger partial charge in [0.2, 0.25) is 0 Å². The van der Waals surface area contributed by atoms with E-state index >= 15 is 0 Å². The monoisotopic (exact) mass is 292 g/mol. The zero-order valence-corrected chi connectivity index (χ0v) is 12.3. The highest BCUT2D eigenvalue weighted by Gasteiger charge is 2.44. The Balaban J connectivity index is 3.13. The van der Waals surface area contributed by atoms with Gasteiger partial charge in [-0.1, -0.05) is 30.3 Å². The average Bonchev–Trinajstić information content (AvgIpc) is 2.44. The van der Waals surface area contributed by atoms with Gasteiger partial charge in [-0.05, 0) is 32.3 Å². The van der Waals surface area contributed by atoms with Crippen molar-refractivity contribution in [2.24, 2.45) is 5.41 Å². The zero-order valence-electron chi connectivity index (χ0n) is 12.3. The first-order chi connectivity index (χ1) is 9.92. The molecule has 1 aromatic rings. The van der Waals surface area contributed by atoms with E-state index in [1.165, 1.54) is 6.92 Å². The molecule has 0 spiro atoms. The van der Waals surface area contributed by atoms with Gasteiger partial charge in [-0.25, -0.2) is 0 Å². The number of ketones is 1. The molecule has 1 rings (SSSR count). The largest absolute Gasteiger partial charge is 0.481 e. The van der Waals surface area contributed by atoms with Crippen LogP contribution in [0.1, 0.15) is 32.3 Å². The van der Waals surface area contributed by atoms with E-state index in [9.17, 15) is 14.4 Å². The van der Waals surface area contributed by atoms with E-state index in [-0.39, 0.29) is 31.7 Å². The number of carbonyl (C=O) groups is 3. The summed E-state index contributed by atoms with van der Waals surface area (Å²) in [6.07, 6.45) is -0.175. The van der Waals surface area contributed by atoms with E-state index in [2.05, 4.69) is 0 Å². The maximum atomic E-state index is 12.3. The molecule has 5 heteroatoms. The summed E-state index contributed by atoms with van der Waals surface area (Å²) < 4.78 is 5.02. The second-order valence-corrected chi connectivity index (χ2v) is 4.91. The van der Waals surface area contributed by atoms with E-state index < -0.39 is 17.4 Å². The SMILES string of the molecule is CCOC(=O)C(CCC(=O)O)(Cc1ccccc1)C(C)=O.